The summed E-state index contributed by atoms with van der Waals surface area (Å²) in [6.07, 6.45) is 5.20. The van der Waals surface area contributed by atoms with E-state index >= 15 is 0 Å². The lowest BCUT2D eigenvalue weighted by atomic mass is 10.2. The van der Waals surface area contributed by atoms with Gasteiger partial charge in [0.05, 0.1) is 35.9 Å². The molecule has 0 aliphatic carbocycles. The van der Waals surface area contributed by atoms with Crippen LogP contribution in [0.15, 0.2) is 41.4 Å². The molecule has 0 fully saturated rings. The summed E-state index contributed by atoms with van der Waals surface area (Å²) in [4.78, 5) is 8.35. The van der Waals surface area contributed by atoms with Crippen molar-refractivity contribution < 1.29 is 4.39 Å². The molecule has 0 saturated heterocycles. The number of nitrogens with one attached hydrogen (secondary N) is 1. The summed E-state index contributed by atoms with van der Waals surface area (Å²) >= 11 is 3.31. The number of benzene rings is 1. The second-order valence-electron chi connectivity index (χ2n) is 4.34. The number of rotatable bonds is 3. The number of aromatic nitrogens is 3. The van der Waals surface area contributed by atoms with Crippen LogP contribution < -0.4 is 5.32 Å². The lowest BCUT2D eigenvalue weighted by molar-refractivity contribution is 0.627. The highest BCUT2D eigenvalue weighted by molar-refractivity contribution is 9.10. The van der Waals surface area contributed by atoms with Gasteiger partial charge in [-0.25, -0.2) is 14.4 Å². The lowest BCUT2D eigenvalue weighted by Gasteiger charge is -2.08. The molecular weight excluding hydrogens is 337 g/mol. The van der Waals surface area contributed by atoms with Gasteiger partial charge in [-0.3, -0.25) is 4.40 Å². The van der Waals surface area contributed by atoms with E-state index in [-0.39, 0.29) is 5.56 Å². The zero-order chi connectivity index (χ0) is 14.8. The molecule has 0 radical (unpaired) electrons. The highest BCUT2D eigenvalue weighted by Gasteiger charge is 2.07. The van der Waals surface area contributed by atoms with Crippen LogP contribution in [0.5, 0.6) is 0 Å². The topological polar surface area (TPSA) is 66.0 Å². The zero-order valence-electron chi connectivity index (χ0n) is 10.7. The Morgan fingerprint density at radius 3 is 3.00 bits per heavy atom. The quantitative estimate of drug-likeness (QED) is 0.791. The number of hydrogen-bond donors (Lipinski definition) is 1. The van der Waals surface area contributed by atoms with E-state index in [2.05, 4.69) is 31.2 Å². The Morgan fingerprint density at radius 1 is 1.33 bits per heavy atom. The van der Waals surface area contributed by atoms with Crippen molar-refractivity contribution in [2.24, 2.45) is 0 Å². The molecule has 0 aliphatic heterocycles. The summed E-state index contributed by atoms with van der Waals surface area (Å²) in [7, 11) is 0. The van der Waals surface area contributed by atoms with Crippen molar-refractivity contribution in [1.29, 1.82) is 5.26 Å². The average Bonchev–Trinajstić information content (AvgIpc) is 2.88. The van der Waals surface area contributed by atoms with E-state index in [1.165, 1.54) is 12.1 Å². The molecule has 21 heavy (non-hydrogen) atoms. The van der Waals surface area contributed by atoms with Crippen molar-refractivity contribution in [3.63, 3.8) is 0 Å². The number of anilines is 1. The second kappa shape index (κ2) is 5.50. The Kier molecular flexibility index (Phi) is 3.54. The first-order chi connectivity index (χ1) is 10.2. The summed E-state index contributed by atoms with van der Waals surface area (Å²) in [5, 5.41) is 12.1. The lowest BCUT2D eigenvalue weighted by Crippen LogP contribution is -2.04. The summed E-state index contributed by atoms with van der Waals surface area (Å²) < 4.78 is 15.7. The normalized spacial score (nSPS) is 10.5. The molecule has 0 spiro atoms. The number of nitriles is 1. The van der Waals surface area contributed by atoms with E-state index < -0.39 is 5.82 Å². The van der Waals surface area contributed by atoms with Crippen molar-refractivity contribution in [3.05, 3.63) is 58.5 Å². The van der Waals surface area contributed by atoms with Crippen molar-refractivity contribution in [2.75, 3.05) is 5.32 Å². The molecule has 104 valence electrons. The SMILES string of the molecule is N#Cc1cc(F)ccc1NCc1cnc2cnc(Br)cn12. The third-order valence-electron chi connectivity index (χ3n) is 3.00. The van der Waals surface area contributed by atoms with Gasteiger partial charge in [-0.2, -0.15) is 5.26 Å². The Hall–Kier alpha value is -2.46. The molecule has 2 heterocycles. The number of imidazole rings is 1. The van der Waals surface area contributed by atoms with Crippen LogP contribution in [0.25, 0.3) is 5.65 Å². The van der Waals surface area contributed by atoms with E-state index in [9.17, 15) is 4.39 Å². The number of hydrogen-bond acceptors (Lipinski definition) is 4. The number of nitrogens with zero attached hydrogens (tertiary/aromatic N) is 4. The Balaban J connectivity index is 1.87. The first-order valence-corrected chi connectivity index (χ1v) is 6.87. The maximum Gasteiger partial charge on any atom is 0.155 e. The van der Waals surface area contributed by atoms with Gasteiger partial charge in [-0.05, 0) is 34.1 Å². The molecule has 0 aliphatic rings. The fourth-order valence-electron chi connectivity index (χ4n) is 2.00. The van der Waals surface area contributed by atoms with E-state index in [1.807, 2.05) is 16.7 Å². The smallest absolute Gasteiger partial charge is 0.155 e. The molecule has 0 atom stereocenters. The third kappa shape index (κ3) is 2.71. The summed E-state index contributed by atoms with van der Waals surface area (Å²) in [6, 6.07) is 6.04. The minimum Gasteiger partial charge on any atom is -0.378 e. The van der Waals surface area contributed by atoms with Crippen LogP contribution in [0.3, 0.4) is 0 Å². The van der Waals surface area contributed by atoms with Gasteiger partial charge >= 0.3 is 0 Å². The molecule has 7 heteroatoms. The van der Waals surface area contributed by atoms with Crippen LogP contribution in [-0.4, -0.2) is 14.4 Å². The monoisotopic (exact) mass is 345 g/mol. The van der Waals surface area contributed by atoms with Crippen LogP contribution in [0, 0.1) is 17.1 Å². The Morgan fingerprint density at radius 2 is 2.19 bits per heavy atom. The first kappa shape index (κ1) is 13.5. The maximum absolute atomic E-state index is 13.1. The fraction of sp³-hybridized carbons (Fsp3) is 0.0714. The van der Waals surface area contributed by atoms with Crippen molar-refractivity contribution in [2.45, 2.75) is 6.54 Å². The van der Waals surface area contributed by atoms with Gasteiger partial charge in [0.1, 0.15) is 16.5 Å². The third-order valence-corrected chi connectivity index (χ3v) is 3.41. The Bertz CT molecular complexity index is 852. The van der Waals surface area contributed by atoms with Crippen LogP contribution >= 0.6 is 15.9 Å². The fourth-order valence-corrected chi connectivity index (χ4v) is 2.30. The number of halogens is 2. The van der Waals surface area contributed by atoms with Crippen LogP contribution in [0.2, 0.25) is 0 Å². The van der Waals surface area contributed by atoms with Crippen molar-refractivity contribution >= 4 is 27.3 Å². The minimum absolute atomic E-state index is 0.270. The molecule has 0 bridgehead atoms. The van der Waals surface area contributed by atoms with E-state index in [0.29, 0.717) is 16.8 Å². The van der Waals surface area contributed by atoms with Gasteiger partial charge in [0.15, 0.2) is 5.65 Å². The van der Waals surface area contributed by atoms with Gasteiger partial charge < -0.3 is 5.32 Å². The molecule has 5 nitrogen and oxygen atoms in total. The molecule has 3 aromatic rings. The maximum atomic E-state index is 13.1. The van der Waals surface area contributed by atoms with Gasteiger partial charge in [0.25, 0.3) is 0 Å². The van der Waals surface area contributed by atoms with E-state index in [0.717, 1.165) is 11.3 Å². The van der Waals surface area contributed by atoms with Crippen LogP contribution in [0.1, 0.15) is 11.3 Å². The van der Waals surface area contributed by atoms with Gasteiger partial charge in [0.2, 0.25) is 0 Å². The highest BCUT2D eigenvalue weighted by Crippen LogP contribution is 2.18. The second-order valence-corrected chi connectivity index (χ2v) is 5.16. The predicted molar refractivity (Wildman–Crippen MR) is 79.1 cm³/mol. The highest BCUT2D eigenvalue weighted by atomic mass is 79.9. The van der Waals surface area contributed by atoms with E-state index in [1.54, 1.807) is 18.5 Å². The number of fused-ring (bicyclic) bond motifs is 1. The molecule has 0 unspecified atom stereocenters. The zero-order valence-corrected chi connectivity index (χ0v) is 12.3. The molecule has 3 rings (SSSR count). The summed E-state index contributed by atoms with van der Waals surface area (Å²) in [5.74, 6) is -0.429. The standard InChI is InChI=1S/C14H9BrFN5/c15-13-8-21-11(6-20-14(21)7-19-13)5-18-12-2-1-10(16)3-9(12)4-17/h1-3,6-8,18H,5H2. The van der Waals surface area contributed by atoms with Crippen LogP contribution in [-0.2, 0) is 6.54 Å². The molecular formula is C14H9BrFN5. The summed E-state index contributed by atoms with van der Waals surface area (Å²) in [6.45, 7) is 0.456. The van der Waals surface area contributed by atoms with Gasteiger partial charge in [-0.1, -0.05) is 0 Å². The largest absolute Gasteiger partial charge is 0.378 e. The van der Waals surface area contributed by atoms with Crippen LogP contribution in [0.4, 0.5) is 10.1 Å². The van der Waals surface area contributed by atoms with Crippen molar-refractivity contribution in [3.8, 4) is 6.07 Å². The van der Waals surface area contributed by atoms with Gasteiger partial charge in [-0.15, -0.1) is 0 Å². The molecule has 2 aromatic heterocycles. The average molecular weight is 346 g/mol. The molecule has 0 saturated carbocycles. The molecule has 0 amide bonds. The molecule has 1 aromatic carbocycles. The Labute approximate surface area is 128 Å². The van der Waals surface area contributed by atoms with Crippen molar-refractivity contribution in [1.82, 2.24) is 14.4 Å². The predicted octanol–water partition coefficient (Wildman–Crippen LogP) is 3.11. The van der Waals surface area contributed by atoms with E-state index in [4.69, 9.17) is 5.26 Å². The van der Waals surface area contributed by atoms with Gasteiger partial charge in [0, 0.05) is 6.20 Å². The minimum atomic E-state index is -0.429. The first-order valence-electron chi connectivity index (χ1n) is 6.08. The summed E-state index contributed by atoms with van der Waals surface area (Å²) in [5.41, 5.74) is 2.49. The molecule has 1 N–H and O–H groups in total.